The number of benzene rings is 1. The number of carbonyl (C=O) groups is 2. The number of nitrogens with zero attached hydrogens (tertiary/aromatic N) is 3. The predicted octanol–water partition coefficient (Wildman–Crippen LogP) is 2.57. The number of hydrogen-bond acceptors (Lipinski definition) is 6. The molecule has 0 fully saturated rings. The van der Waals surface area contributed by atoms with E-state index in [0.717, 1.165) is 45.8 Å². The molecule has 1 N–H and O–H groups in total. The van der Waals surface area contributed by atoms with E-state index in [9.17, 15) is 9.59 Å². The zero-order chi connectivity index (χ0) is 18.3. The fourth-order valence-electron chi connectivity index (χ4n) is 3.38. The van der Waals surface area contributed by atoms with E-state index in [4.69, 9.17) is 4.74 Å². The highest BCUT2D eigenvalue weighted by Gasteiger charge is 2.27. The SMILES string of the molecule is CCc1nnsc1C(=O)N1CCc2[nH]c3ccc(C(=O)OC)cc3c2C1. The summed E-state index contributed by atoms with van der Waals surface area (Å²) in [5.41, 5.74) is 4.39. The van der Waals surface area contributed by atoms with Crippen LogP contribution < -0.4 is 0 Å². The molecule has 0 radical (unpaired) electrons. The third-order valence-electron chi connectivity index (χ3n) is 4.77. The number of hydrogen-bond donors (Lipinski definition) is 1. The molecule has 8 heteroatoms. The maximum Gasteiger partial charge on any atom is 0.337 e. The average Bonchev–Trinajstić information content (AvgIpc) is 3.29. The van der Waals surface area contributed by atoms with Crippen molar-refractivity contribution in [1.29, 1.82) is 0 Å². The Balaban J connectivity index is 1.69. The molecule has 1 aliphatic rings. The molecule has 4 rings (SSSR count). The zero-order valence-electron chi connectivity index (χ0n) is 14.5. The quantitative estimate of drug-likeness (QED) is 0.716. The Morgan fingerprint density at radius 2 is 2.23 bits per heavy atom. The Kier molecular flexibility index (Phi) is 4.20. The maximum absolute atomic E-state index is 12.9. The third-order valence-corrected chi connectivity index (χ3v) is 5.52. The molecule has 1 aliphatic heterocycles. The van der Waals surface area contributed by atoms with Gasteiger partial charge in [-0.3, -0.25) is 4.79 Å². The lowest BCUT2D eigenvalue weighted by atomic mass is 10.0. The van der Waals surface area contributed by atoms with Crippen LogP contribution in [0.5, 0.6) is 0 Å². The lowest BCUT2D eigenvalue weighted by molar-refractivity contribution is 0.0600. The first-order valence-electron chi connectivity index (χ1n) is 8.44. The van der Waals surface area contributed by atoms with Gasteiger partial charge in [-0.25, -0.2) is 4.79 Å². The van der Waals surface area contributed by atoms with Crippen LogP contribution in [0.1, 0.15) is 43.9 Å². The summed E-state index contributed by atoms with van der Waals surface area (Å²) in [5, 5.41) is 5.00. The first-order chi connectivity index (χ1) is 12.6. The molecule has 3 heterocycles. The summed E-state index contributed by atoms with van der Waals surface area (Å²) < 4.78 is 8.73. The van der Waals surface area contributed by atoms with Gasteiger partial charge in [-0.1, -0.05) is 11.4 Å². The largest absolute Gasteiger partial charge is 0.465 e. The topological polar surface area (TPSA) is 88.2 Å². The van der Waals surface area contributed by atoms with Gasteiger partial charge in [-0.15, -0.1) is 5.10 Å². The molecule has 0 saturated carbocycles. The van der Waals surface area contributed by atoms with Crippen molar-refractivity contribution in [2.24, 2.45) is 0 Å². The summed E-state index contributed by atoms with van der Waals surface area (Å²) in [6.07, 6.45) is 1.43. The molecule has 3 aromatic rings. The highest BCUT2D eigenvalue weighted by Crippen LogP contribution is 2.30. The molecule has 26 heavy (non-hydrogen) atoms. The molecule has 0 saturated heterocycles. The standard InChI is InChI=1S/C18H18N4O3S/c1-3-13-16(26-21-20-13)17(23)22-7-6-15-12(9-22)11-8-10(18(24)25-2)4-5-14(11)19-15/h4-5,8,19H,3,6-7,9H2,1-2H3. The molecule has 1 aromatic carbocycles. The molecule has 1 amide bonds. The monoisotopic (exact) mass is 370 g/mol. The predicted molar refractivity (Wildman–Crippen MR) is 97.4 cm³/mol. The van der Waals surface area contributed by atoms with Crippen LogP contribution in [0.3, 0.4) is 0 Å². The van der Waals surface area contributed by atoms with Crippen molar-refractivity contribution in [3.05, 3.63) is 45.6 Å². The molecule has 7 nitrogen and oxygen atoms in total. The number of esters is 1. The van der Waals surface area contributed by atoms with E-state index in [1.54, 1.807) is 6.07 Å². The summed E-state index contributed by atoms with van der Waals surface area (Å²) >= 11 is 1.15. The van der Waals surface area contributed by atoms with Crippen LogP contribution in [-0.4, -0.2) is 45.0 Å². The molecule has 0 unspecified atom stereocenters. The van der Waals surface area contributed by atoms with Gasteiger partial charge >= 0.3 is 5.97 Å². The minimum Gasteiger partial charge on any atom is -0.465 e. The normalized spacial score (nSPS) is 13.7. The van der Waals surface area contributed by atoms with Crippen LogP contribution in [0.25, 0.3) is 10.9 Å². The molecule has 0 bridgehead atoms. The highest BCUT2D eigenvalue weighted by atomic mass is 32.1. The molecular formula is C18H18N4O3S. The number of rotatable bonds is 3. The smallest absolute Gasteiger partial charge is 0.337 e. The van der Waals surface area contributed by atoms with Crippen molar-refractivity contribution in [3.8, 4) is 0 Å². The molecular weight excluding hydrogens is 352 g/mol. The summed E-state index contributed by atoms with van der Waals surface area (Å²) in [7, 11) is 1.37. The third kappa shape index (κ3) is 2.66. The van der Waals surface area contributed by atoms with Gasteiger partial charge in [-0.2, -0.15) is 0 Å². The van der Waals surface area contributed by atoms with E-state index in [1.165, 1.54) is 7.11 Å². The van der Waals surface area contributed by atoms with Crippen LogP contribution in [-0.2, 0) is 24.1 Å². The Morgan fingerprint density at radius 3 is 3.00 bits per heavy atom. The minimum absolute atomic E-state index is 0.0269. The van der Waals surface area contributed by atoms with Gasteiger partial charge in [0.05, 0.1) is 18.4 Å². The summed E-state index contributed by atoms with van der Waals surface area (Å²) in [6.45, 7) is 3.11. The minimum atomic E-state index is -0.367. The number of aromatic nitrogens is 3. The number of carbonyl (C=O) groups excluding carboxylic acids is 2. The second-order valence-corrected chi connectivity index (χ2v) is 6.97. The average molecular weight is 370 g/mol. The van der Waals surface area contributed by atoms with Gasteiger partial charge in [0.2, 0.25) is 0 Å². The number of amides is 1. The van der Waals surface area contributed by atoms with Crippen molar-refractivity contribution in [3.63, 3.8) is 0 Å². The van der Waals surface area contributed by atoms with Gasteiger partial charge in [0, 0.05) is 41.7 Å². The van der Waals surface area contributed by atoms with Crippen molar-refractivity contribution in [1.82, 2.24) is 19.5 Å². The van der Waals surface area contributed by atoms with Crippen molar-refractivity contribution in [2.75, 3.05) is 13.7 Å². The molecule has 134 valence electrons. The lowest BCUT2D eigenvalue weighted by Gasteiger charge is -2.27. The van der Waals surface area contributed by atoms with Gasteiger partial charge in [0.15, 0.2) is 0 Å². The van der Waals surface area contributed by atoms with Crippen molar-refractivity contribution in [2.45, 2.75) is 26.3 Å². The first kappa shape index (κ1) is 16.7. The zero-order valence-corrected chi connectivity index (χ0v) is 15.4. The van der Waals surface area contributed by atoms with Crippen molar-refractivity contribution < 1.29 is 14.3 Å². The number of ether oxygens (including phenoxy) is 1. The Hall–Kier alpha value is -2.74. The number of aryl methyl sites for hydroxylation is 1. The maximum atomic E-state index is 12.9. The van der Waals surface area contributed by atoms with E-state index in [1.807, 2.05) is 24.0 Å². The number of methoxy groups -OCH3 is 1. The van der Waals surface area contributed by atoms with E-state index in [2.05, 4.69) is 14.6 Å². The summed E-state index contributed by atoms with van der Waals surface area (Å²) in [4.78, 5) is 30.6. The molecule has 0 aliphatic carbocycles. The molecule has 0 atom stereocenters. The van der Waals surface area contributed by atoms with Crippen molar-refractivity contribution >= 4 is 34.3 Å². The van der Waals surface area contributed by atoms with Crippen LogP contribution in [0.15, 0.2) is 18.2 Å². The number of nitrogens with one attached hydrogen (secondary N) is 1. The van der Waals surface area contributed by atoms with Gasteiger partial charge < -0.3 is 14.6 Å². The molecule has 0 spiro atoms. The number of fused-ring (bicyclic) bond motifs is 3. The van der Waals surface area contributed by atoms with Crippen LogP contribution in [0.4, 0.5) is 0 Å². The second-order valence-electron chi connectivity index (χ2n) is 6.21. The Labute approximate surface area is 154 Å². The van der Waals surface area contributed by atoms with Gasteiger partial charge in [0.1, 0.15) is 4.88 Å². The van der Waals surface area contributed by atoms with E-state index >= 15 is 0 Å². The van der Waals surface area contributed by atoms with Gasteiger partial charge in [-0.05, 0) is 36.2 Å². The Morgan fingerprint density at radius 1 is 1.38 bits per heavy atom. The van der Waals surface area contributed by atoms with Gasteiger partial charge in [0.25, 0.3) is 5.91 Å². The summed E-state index contributed by atoms with van der Waals surface area (Å²) in [5.74, 6) is -0.394. The highest BCUT2D eigenvalue weighted by molar-refractivity contribution is 7.08. The lowest BCUT2D eigenvalue weighted by Crippen LogP contribution is -2.35. The van der Waals surface area contributed by atoms with Crippen LogP contribution in [0, 0.1) is 0 Å². The second kappa shape index (κ2) is 6.53. The Bertz CT molecular complexity index is 1010. The number of aromatic amines is 1. The summed E-state index contributed by atoms with van der Waals surface area (Å²) in [6, 6.07) is 5.46. The van der Waals surface area contributed by atoms with E-state index in [0.29, 0.717) is 30.0 Å². The number of H-pyrrole nitrogens is 1. The van der Waals surface area contributed by atoms with E-state index in [-0.39, 0.29) is 11.9 Å². The van der Waals surface area contributed by atoms with Crippen LogP contribution in [0.2, 0.25) is 0 Å². The molecule has 2 aromatic heterocycles. The fraction of sp³-hybridized carbons (Fsp3) is 0.333. The van der Waals surface area contributed by atoms with E-state index < -0.39 is 0 Å². The van der Waals surface area contributed by atoms with Crippen LogP contribution >= 0.6 is 11.5 Å². The first-order valence-corrected chi connectivity index (χ1v) is 9.22. The fourth-order valence-corrected chi connectivity index (χ4v) is 4.10.